The molecule has 2 N–H and O–H groups in total. The van der Waals surface area contributed by atoms with Crippen molar-refractivity contribution in [1.82, 2.24) is 9.80 Å². The van der Waals surface area contributed by atoms with Crippen molar-refractivity contribution in [3.8, 4) is 0 Å². The molecule has 1 saturated carbocycles. The van der Waals surface area contributed by atoms with E-state index in [2.05, 4.69) is 4.90 Å². The first kappa shape index (κ1) is 15.6. The van der Waals surface area contributed by atoms with Crippen LogP contribution in [0.3, 0.4) is 0 Å². The van der Waals surface area contributed by atoms with Crippen LogP contribution >= 0.6 is 0 Å². The Morgan fingerprint density at radius 3 is 2.40 bits per heavy atom. The second-order valence-corrected chi connectivity index (χ2v) is 5.86. The fourth-order valence-electron chi connectivity index (χ4n) is 3.20. The molecule has 0 unspecified atom stereocenters. The lowest BCUT2D eigenvalue weighted by Crippen LogP contribution is -2.52. The van der Waals surface area contributed by atoms with E-state index in [9.17, 15) is 4.79 Å². The summed E-state index contributed by atoms with van der Waals surface area (Å²) < 4.78 is 5.34. The lowest BCUT2D eigenvalue weighted by molar-refractivity contribution is 0.0381. The van der Waals surface area contributed by atoms with Crippen molar-refractivity contribution in [3.63, 3.8) is 0 Å². The summed E-state index contributed by atoms with van der Waals surface area (Å²) in [4.78, 5) is 16.8. The Balaban J connectivity index is 1.98. The number of amides is 2. The molecule has 0 aromatic carbocycles. The van der Waals surface area contributed by atoms with Crippen LogP contribution in [0.25, 0.3) is 0 Å². The van der Waals surface area contributed by atoms with E-state index in [0.29, 0.717) is 25.8 Å². The van der Waals surface area contributed by atoms with Gasteiger partial charge in [-0.15, -0.1) is 0 Å². The van der Waals surface area contributed by atoms with Crippen LogP contribution < -0.4 is 5.73 Å². The zero-order valence-electron chi connectivity index (χ0n) is 12.6. The number of morpholine rings is 1. The number of ether oxygens (including phenoxy) is 1. The fraction of sp³-hybridized carbons (Fsp3) is 0.933. The largest absolute Gasteiger partial charge is 0.378 e. The molecule has 5 heteroatoms. The van der Waals surface area contributed by atoms with Crippen LogP contribution in [0.4, 0.5) is 4.79 Å². The van der Waals surface area contributed by atoms with E-state index in [0.717, 1.165) is 38.9 Å². The summed E-state index contributed by atoms with van der Waals surface area (Å²) in [6.07, 6.45) is 8.33. The predicted octanol–water partition coefficient (Wildman–Crippen LogP) is 1.81. The topological polar surface area (TPSA) is 58.8 Å². The maximum atomic E-state index is 12.8. The highest BCUT2D eigenvalue weighted by Crippen LogP contribution is 2.23. The van der Waals surface area contributed by atoms with Crippen molar-refractivity contribution in [2.24, 2.45) is 5.73 Å². The number of nitrogens with two attached hydrogens (primary N) is 1. The molecule has 1 heterocycles. The van der Waals surface area contributed by atoms with Gasteiger partial charge in [-0.25, -0.2) is 4.79 Å². The lowest BCUT2D eigenvalue weighted by atomic mass is 10.1. The molecular formula is C15H29N3O2. The van der Waals surface area contributed by atoms with Gasteiger partial charge in [0, 0.05) is 25.7 Å². The number of hydrogen-bond donors (Lipinski definition) is 1. The van der Waals surface area contributed by atoms with Crippen LogP contribution in [0.5, 0.6) is 0 Å². The second-order valence-electron chi connectivity index (χ2n) is 5.86. The monoisotopic (exact) mass is 283 g/mol. The summed E-state index contributed by atoms with van der Waals surface area (Å²) in [5.41, 5.74) is 5.64. The molecule has 2 aliphatic rings. The molecule has 2 fully saturated rings. The van der Waals surface area contributed by atoms with Gasteiger partial charge in [-0.1, -0.05) is 25.7 Å². The molecule has 0 aromatic rings. The van der Waals surface area contributed by atoms with E-state index in [-0.39, 0.29) is 6.03 Å². The maximum Gasteiger partial charge on any atom is 0.320 e. The number of carbonyl (C=O) groups is 1. The molecule has 1 aliphatic heterocycles. The van der Waals surface area contributed by atoms with Crippen molar-refractivity contribution in [3.05, 3.63) is 0 Å². The normalized spacial score (nSPS) is 21.6. The van der Waals surface area contributed by atoms with Crippen molar-refractivity contribution >= 4 is 6.03 Å². The number of urea groups is 1. The number of hydrogen-bond acceptors (Lipinski definition) is 3. The molecule has 116 valence electrons. The van der Waals surface area contributed by atoms with E-state index < -0.39 is 0 Å². The third-order valence-corrected chi connectivity index (χ3v) is 4.40. The highest BCUT2D eigenvalue weighted by Gasteiger charge is 2.28. The minimum atomic E-state index is 0.202. The Morgan fingerprint density at radius 2 is 1.80 bits per heavy atom. The highest BCUT2D eigenvalue weighted by molar-refractivity contribution is 5.75. The first-order chi connectivity index (χ1) is 9.83. The summed E-state index contributed by atoms with van der Waals surface area (Å²) in [6.45, 7) is 4.24. The highest BCUT2D eigenvalue weighted by atomic mass is 16.5. The van der Waals surface area contributed by atoms with E-state index >= 15 is 0 Å². The van der Waals surface area contributed by atoms with Gasteiger partial charge in [-0.05, 0) is 25.8 Å². The van der Waals surface area contributed by atoms with Gasteiger partial charge in [-0.2, -0.15) is 0 Å². The molecular weight excluding hydrogens is 254 g/mol. The van der Waals surface area contributed by atoms with Crippen molar-refractivity contribution in [2.75, 3.05) is 39.4 Å². The molecule has 0 atom stereocenters. The Labute approximate surface area is 122 Å². The molecule has 0 spiro atoms. The summed E-state index contributed by atoms with van der Waals surface area (Å²) in [5.74, 6) is 0. The average molecular weight is 283 g/mol. The van der Waals surface area contributed by atoms with Crippen molar-refractivity contribution in [1.29, 1.82) is 0 Å². The van der Waals surface area contributed by atoms with Crippen LogP contribution in [0.1, 0.15) is 44.9 Å². The molecule has 0 radical (unpaired) electrons. The molecule has 2 rings (SSSR count). The van der Waals surface area contributed by atoms with Crippen LogP contribution in [-0.2, 0) is 4.74 Å². The third-order valence-electron chi connectivity index (χ3n) is 4.40. The maximum absolute atomic E-state index is 12.8. The van der Waals surface area contributed by atoms with Gasteiger partial charge in [0.15, 0.2) is 0 Å². The van der Waals surface area contributed by atoms with E-state index in [1.807, 2.05) is 4.90 Å². The standard InChI is InChI=1S/C15H29N3O2/c16-8-5-9-18(14-6-3-1-2-4-7-14)15(19)17-10-12-20-13-11-17/h14H,1-13,16H2. The van der Waals surface area contributed by atoms with Gasteiger partial charge >= 0.3 is 6.03 Å². The van der Waals surface area contributed by atoms with E-state index in [1.165, 1.54) is 25.7 Å². The Kier molecular flexibility index (Phi) is 6.60. The zero-order chi connectivity index (χ0) is 14.2. The van der Waals surface area contributed by atoms with E-state index in [1.54, 1.807) is 0 Å². The summed E-state index contributed by atoms with van der Waals surface area (Å²) in [5, 5.41) is 0. The average Bonchev–Trinajstić information content (AvgIpc) is 2.77. The third kappa shape index (κ3) is 4.35. The zero-order valence-corrected chi connectivity index (χ0v) is 12.6. The van der Waals surface area contributed by atoms with Crippen LogP contribution in [0.15, 0.2) is 0 Å². The van der Waals surface area contributed by atoms with Crippen molar-refractivity contribution in [2.45, 2.75) is 51.0 Å². The van der Waals surface area contributed by atoms with Crippen molar-refractivity contribution < 1.29 is 9.53 Å². The Bertz CT molecular complexity index is 285. The SMILES string of the molecule is NCCCN(C(=O)N1CCOCC1)C1CCCCCC1. The Morgan fingerprint density at radius 1 is 1.15 bits per heavy atom. The first-order valence-electron chi connectivity index (χ1n) is 8.16. The summed E-state index contributed by atoms with van der Waals surface area (Å²) in [6, 6.07) is 0.619. The molecule has 5 nitrogen and oxygen atoms in total. The smallest absolute Gasteiger partial charge is 0.320 e. The minimum Gasteiger partial charge on any atom is -0.378 e. The van der Waals surface area contributed by atoms with Gasteiger partial charge < -0.3 is 20.3 Å². The predicted molar refractivity (Wildman–Crippen MR) is 79.7 cm³/mol. The Hall–Kier alpha value is -0.810. The molecule has 1 saturated heterocycles. The van der Waals surface area contributed by atoms with Crippen LogP contribution in [-0.4, -0.2) is 61.3 Å². The lowest BCUT2D eigenvalue weighted by Gasteiger charge is -2.37. The molecule has 0 aromatic heterocycles. The fourth-order valence-corrected chi connectivity index (χ4v) is 3.20. The van der Waals surface area contributed by atoms with Gasteiger partial charge in [0.05, 0.1) is 13.2 Å². The number of rotatable bonds is 4. The molecule has 1 aliphatic carbocycles. The number of nitrogens with zero attached hydrogens (tertiary/aromatic N) is 2. The summed E-state index contributed by atoms with van der Waals surface area (Å²) in [7, 11) is 0. The second kappa shape index (κ2) is 8.47. The van der Waals surface area contributed by atoms with Crippen LogP contribution in [0, 0.1) is 0 Å². The molecule has 2 amide bonds. The summed E-state index contributed by atoms with van der Waals surface area (Å²) >= 11 is 0. The van der Waals surface area contributed by atoms with Gasteiger partial charge in [-0.3, -0.25) is 0 Å². The van der Waals surface area contributed by atoms with E-state index in [4.69, 9.17) is 10.5 Å². The first-order valence-corrected chi connectivity index (χ1v) is 8.16. The van der Waals surface area contributed by atoms with Crippen LogP contribution in [0.2, 0.25) is 0 Å². The quantitative estimate of drug-likeness (QED) is 0.801. The molecule has 0 bridgehead atoms. The van der Waals surface area contributed by atoms with Gasteiger partial charge in [0.2, 0.25) is 0 Å². The van der Waals surface area contributed by atoms with Gasteiger partial charge in [0.25, 0.3) is 0 Å². The minimum absolute atomic E-state index is 0.202. The van der Waals surface area contributed by atoms with Gasteiger partial charge in [0.1, 0.15) is 0 Å². The molecule has 20 heavy (non-hydrogen) atoms. The number of carbonyl (C=O) groups excluding carboxylic acids is 1.